The topological polar surface area (TPSA) is 157 Å². The number of carboxylic acid groups (broad SMARTS) is 1. The number of halogens is 1. The van der Waals surface area contributed by atoms with Gasteiger partial charge in [-0.15, -0.1) is 0 Å². The quantitative estimate of drug-likeness (QED) is 0.312. The molecule has 13 heteroatoms. The molecule has 192 valence electrons. The molecule has 0 bridgehead atoms. The molecule has 1 aliphatic rings. The summed E-state index contributed by atoms with van der Waals surface area (Å²) in [6.45, 7) is 0.716. The number of nitrogens with zero attached hydrogens (tertiary/aromatic N) is 2. The van der Waals surface area contributed by atoms with Gasteiger partial charge in [0, 0.05) is 12.1 Å². The highest BCUT2D eigenvalue weighted by atomic mass is 35.5. The first-order valence-electron chi connectivity index (χ1n) is 11.0. The van der Waals surface area contributed by atoms with Crippen molar-refractivity contribution in [2.45, 2.75) is 11.4 Å². The highest BCUT2D eigenvalue weighted by Crippen LogP contribution is 2.21. The molecule has 0 unspecified atom stereocenters. The molecule has 0 radical (unpaired) electrons. The zero-order chi connectivity index (χ0) is 26.1. The summed E-state index contributed by atoms with van der Waals surface area (Å²) in [5.41, 5.74) is 1.59. The van der Waals surface area contributed by atoms with Crippen molar-refractivity contribution in [1.82, 2.24) is 20.9 Å². The molecule has 2 aromatic carbocycles. The number of benzene rings is 2. The summed E-state index contributed by atoms with van der Waals surface area (Å²) in [5.74, 6) is -0.816. The monoisotopic (exact) mass is 535 g/mol. The summed E-state index contributed by atoms with van der Waals surface area (Å²) in [5, 5.41) is 17.3. The Hall–Kier alpha value is -3.32. The Morgan fingerprint density at radius 1 is 1.00 bits per heavy atom. The average Bonchev–Trinajstić information content (AvgIpc) is 3.34. The van der Waals surface area contributed by atoms with Crippen LogP contribution < -0.4 is 16.0 Å². The fraction of sp³-hybridized carbons (Fsp3) is 0.304. The van der Waals surface area contributed by atoms with E-state index >= 15 is 0 Å². The Balaban J connectivity index is 1.34. The second kappa shape index (κ2) is 12.6. The van der Waals surface area contributed by atoms with Crippen LogP contribution in [0, 0.1) is 0 Å². The number of ketones is 1. The third-order valence-corrected chi connectivity index (χ3v) is 7.22. The molecule has 3 rings (SSSR count). The number of hydrogen-bond acceptors (Lipinski definition) is 8. The maximum Gasteiger partial charge on any atom is 0.413 e. The number of sulfone groups is 1. The number of hydrogen-bond donors (Lipinski definition) is 4. The predicted molar refractivity (Wildman–Crippen MR) is 134 cm³/mol. The second-order valence-electron chi connectivity index (χ2n) is 7.87. The molecule has 2 amide bonds. The maximum absolute atomic E-state index is 12.3. The van der Waals surface area contributed by atoms with Crippen LogP contribution in [0.25, 0.3) is 0 Å². The summed E-state index contributed by atoms with van der Waals surface area (Å²) in [6.07, 6.45) is -1.04. The van der Waals surface area contributed by atoms with E-state index in [1.807, 2.05) is 12.1 Å². The molecule has 2 aromatic rings. The molecule has 0 saturated heterocycles. The van der Waals surface area contributed by atoms with Crippen molar-refractivity contribution >= 4 is 45.1 Å². The fourth-order valence-corrected chi connectivity index (χ4v) is 5.06. The molecule has 11 nitrogen and oxygen atoms in total. The van der Waals surface area contributed by atoms with Gasteiger partial charge in [-0.1, -0.05) is 48.0 Å². The van der Waals surface area contributed by atoms with Crippen molar-refractivity contribution < 1.29 is 27.9 Å². The van der Waals surface area contributed by atoms with E-state index < -0.39 is 27.7 Å². The van der Waals surface area contributed by atoms with E-state index in [1.165, 1.54) is 17.0 Å². The number of aliphatic imine (C=N–C) groups is 1. The molecular formula is C23H26ClN5O6S. The zero-order valence-electron chi connectivity index (χ0n) is 19.2. The summed E-state index contributed by atoms with van der Waals surface area (Å²) in [6, 6.07) is 13.2. The Morgan fingerprint density at radius 3 is 2.42 bits per heavy atom. The normalized spacial score (nSPS) is 13.4. The number of amides is 2. The molecule has 0 aliphatic carbocycles. The molecule has 4 N–H and O–H groups in total. The lowest BCUT2D eigenvalue weighted by atomic mass is 10.1. The van der Waals surface area contributed by atoms with Gasteiger partial charge in [0.05, 0.1) is 42.6 Å². The largest absolute Gasteiger partial charge is 0.465 e. The maximum atomic E-state index is 12.3. The van der Waals surface area contributed by atoms with E-state index in [-0.39, 0.29) is 35.3 Å². The Kier molecular flexibility index (Phi) is 9.53. The molecule has 1 heterocycles. The SMILES string of the molecule is O=C(CNCc1ccc(C2=NCCN2C(=O)O)cc1)CNC(=O)CNCS(=O)(=O)c1ccccc1Cl. The lowest BCUT2D eigenvalue weighted by Gasteiger charge is -2.14. The van der Waals surface area contributed by atoms with Gasteiger partial charge in [-0.25, -0.2) is 13.2 Å². The van der Waals surface area contributed by atoms with Crippen LogP contribution in [0.15, 0.2) is 58.4 Å². The molecule has 1 aliphatic heterocycles. The first kappa shape index (κ1) is 27.3. The molecule has 0 aromatic heterocycles. The zero-order valence-corrected chi connectivity index (χ0v) is 20.8. The average molecular weight is 536 g/mol. The van der Waals surface area contributed by atoms with E-state index in [9.17, 15) is 27.9 Å². The van der Waals surface area contributed by atoms with E-state index in [2.05, 4.69) is 20.9 Å². The van der Waals surface area contributed by atoms with Crippen LogP contribution in [0.4, 0.5) is 4.79 Å². The Bertz CT molecular complexity index is 1250. The van der Waals surface area contributed by atoms with Gasteiger partial charge in [-0.2, -0.15) is 0 Å². The van der Waals surface area contributed by atoms with Crippen molar-refractivity contribution in [3.8, 4) is 0 Å². The van der Waals surface area contributed by atoms with Crippen molar-refractivity contribution in [1.29, 1.82) is 0 Å². The summed E-state index contributed by atoms with van der Waals surface area (Å²) < 4.78 is 24.6. The summed E-state index contributed by atoms with van der Waals surface area (Å²) >= 11 is 5.91. The van der Waals surface area contributed by atoms with E-state index in [0.717, 1.165) is 5.56 Å². The minimum atomic E-state index is -3.71. The van der Waals surface area contributed by atoms with Crippen LogP contribution in [-0.4, -0.2) is 80.6 Å². The minimum Gasteiger partial charge on any atom is -0.465 e. The summed E-state index contributed by atoms with van der Waals surface area (Å²) in [7, 11) is -3.71. The predicted octanol–water partition coefficient (Wildman–Crippen LogP) is 0.876. The smallest absolute Gasteiger partial charge is 0.413 e. The first-order chi connectivity index (χ1) is 17.2. The lowest BCUT2D eigenvalue weighted by molar-refractivity contribution is -0.124. The Morgan fingerprint density at radius 2 is 1.72 bits per heavy atom. The first-order valence-corrected chi connectivity index (χ1v) is 13.0. The van der Waals surface area contributed by atoms with Gasteiger partial charge in [0.15, 0.2) is 15.6 Å². The highest BCUT2D eigenvalue weighted by molar-refractivity contribution is 7.91. The lowest BCUT2D eigenvalue weighted by Crippen LogP contribution is -2.40. The molecule has 0 fully saturated rings. The number of carbonyl (C=O) groups is 3. The third kappa shape index (κ3) is 7.59. The van der Waals surface area contributed by atoms with Gasteiger partial charge in [-0.05, 0) is 17.7 Å². The van der Waals surface area contributed by atoms with E-state index in [4.69, 9.17) is 11.6 Å². The molecule has 0 atom stereocenters. The number of amidine groups is 1. The molecule has 36 heavy (non-hydrogen) atoms. The number of rotatable bonds is 12. The second-order valence-corrected chi connectivity index (χ2v) is 10.2. The van der Waals surface area contributed by atoms with Gasteiger partial charge >= 0.3 is 6.09 Å². The Labute approximate surface area is 213 Å². The highest BCUT2D eigenvalue weighted by Gasteiger charge is 2.24. The standard InChI is InChI=1S/C23H26ClN5O6S/c24-19-3-1-2-4-20(19)36(34,35)15-26-14-21(31)28-13-18(30)12-25-11-16-5-7-17(8-6-16)22-27-9-10-29(22)23(32)33/h1-8,25-26H,9-15H2,(H,28,31)(H,32,33). The molecular weight excluding hydrogens is 510 g/mol. The van der Waals surface area contributed by atoms with Gasteiger partial charge < -0.3 is 15.7 Å². The van der Waals surface area contributed by atoms with Crippen LogP contribution in [0.5, 0.6) is 0 Å². The number of Topliss-reactive ketones (excluding diaryl/α,β-unsaturated/α-hetero) is 1. The number of nitrogens with one attached hydrogen (secondary N) is 3. The van der Waals surface area contributed by atoms with E-state index in [0.29, 0.717) is 31.0 Å². The van der Waals surface area contributed by atoms with E-state index in [1.54, 1.807) is 24.3 Å². The van der Waals surface area contributed by atoms with Crippen molar-refractivity contribution in [3.63, 3.8) is 0 Å². The molecule has 0 saturated carbocycles. The van der Waals surface area contributed by atoms with Crippen molar-refractivity contribution in [2.24, 2.45) is 4.99 Å². The summed E-state index contributed by atoms with van der Waals surface area (Å²) in [4.78, 5) is 40.6. The molecule has 0 spiro atoms. The minimum absolute atomic E-state index is 0.0232. The third-order valence-electron chi connectivity index (χ3n) is 5.17. The van der Waals surface area contributed by atoms with Crippen molar-refractivity contribution in [3.05, 3.63) is 64.7 Å². The van der Waals surface area contributed by atoms with Gasteiger partial charge in [0.25, 0.3) is 0 Å². The van der Waals surface area contributed by atoms with Gasteiger partial charge in [0.2, 0.25) is 5.91 Å². The van der Waals surface area contributed by atoms with Crippen LogP contribution in [-0.2, 0) is 26.0 Å². The van der Waals surface area contributed by atoms with Crippen molar-refractivity contribution in [2.75, 3.05) is 38.6 Å². The number of carbonyl (C=O) groups excluding carboxylic acids is 2. The van der Waals surface area contributed by atoms with Gasteiger partial charge in [0.1, 0.15) is 11.7 Å². The fourth-order valence-electron chi connectivity index (χ4n) is 3.39. The van der Waals surface area contributed by atoms with Crippen LogP contribution >= 0.6 is 11.6 Å². The van der Waals surface area contributed by atoms with Crippen LogP contribution in [0.2, 0.25) is 5.02 Å². The van der Waals surface area contributed by atoms with Crippen LogP contribution in [0.1, 0.15) is 11.1 Å². The van der Waals surface area contributed by atoms with Gasteiger partial charge in [-0.3, -0.25) is 24.8 Å². The van der Waals surface area contributed by atoms with Crippen LogP contribution in [0.3, 0.4) is 0 Å².